The second kappa shape index (κ2) is 9.74. The van der Waals surface area contributed by atoms with Crippen molar-refractivity contribution in [3.8, 4) is 5.75 Å². The minimum absolute atomic E-state index is 0.111. The molecule has 0 unspecified atom stereocenters. The summed E-state index contributed by atoms with van der Waals surface area (Å²) in [6.45, 7) is 10.0. The molecule has 0 atom stereocenters. The summed E-state index contributed by atoms with van der Waals surface area (Å²) in [7, 11) is 0. The smallest absolute Gasteiger partial charge is 0.289 e. The van der Waals surface area contributed by atoms with Gasteiger partial charge < -0.3 is 14.1 Å². The van der Waals surface area contributed by atoms with Gasteiger partial charge in [0.2, 0.25) is 0 Å². The Labute approximate surface area is 176 Å². The van der Waals surface area contributed by atoms with E-state index < -0.39 is 0 Å². The number of benzene rings is 1. The van der Waals surface area contributed by atoms with Crippen molar-refractivity contribution in [3.63, 3.8) is 0 Å². The first kappa shape index (κ1) is 21.1. The van der Waals surface area contributed by atoms with E-state index in [9.17, 15) is 4.79 Å². The SMILES string of the molecule is CC(C)CN(Cc1csc(COc2ccccc2C(C)C)n1)C(=O)c1ccco1. The summed E-state index contributed by atoms with van der Waals surface area (Å²) in [5, 5.41) is 2.89. The van der Waals surface area contributed by atoms with Crippen LogP contribution in [0.15, 0.2) is 52.5 Å². The zero-order chi connectivity index (χ0) is 20.8. The first-order valence-electron chi connectivity index (χ1n) is 9.91. The lowest BCUT2D eigenvalue weighted by Gasteiger charge is -2.22. The van der Waals surface area contributed by atoms with E-state index in [0.29, 0.717) is 37.3 Å². The molecule has 0 radical (unpaired) electrons. The molecular weight excluding hydrogens is 384 g/mol. The van der Waals surface area contributed by atoms with Crippen LogP contribution in [0.25, 0.3) is 0 Å². The molecule has 3 rings (SSSR count). The van der Waals surface area contributed by atoms with Gasteiger partial charge in [-0.1, -0.05) is 45.9 Å². The minimum atomic E-state index is -0.111. The summed E-state index contributed by atoms with van der Waals surface area (Å²) in [6.07, 6.45) is 1.52. The fourth-order valence-electron chi connectivity index (χ4n) is 3.13. The number of para-hydroxylation sites is 1. The summed E-state index contributed by atoms with van der Waals surface area (Å²) in [6, 6.07) is 11.5. The molecule has 29 heavy (non-hydrogen) atoms. The molecule has 0 saturated carbocycles. The molecular formula is C23H28N2O3S. The van der Waals surface area contributed by atoms with Crippen LogP contribution in [-0.2, 0) is 13.2 Å². The van der Waals surface area contributed by atoms with Gasteiger partial charge in [-0.05, 0) is 35.6 Å². The maximum atomic E-state index is 12.7. The number of hydrogen-bond donors (Lipinski definition) is 0. The van der Waals surface area contributed by atoms with Gasteiger partial charge in [0.25, 0.3) is 5.91 Å². The van der Waals surface area contributed by atoms with E-state index in [-0.39, 0.29) is 5.91 Å². The first-order valence-corrected chi connectivity index (χ1v) is 10.8. The molecule has 0 aliphatic rings. The van der Waals surface area contributed by atoms with Crippen molar-refractivity contribution in [3.05, 3.63) is 70.1 Å². The molecule has 0 aliphatic carbocycles. The molecule has 0 fully saturated rings. The Hall–Kier alpha value is -2.60. The highest BCUT2D eigenvalue weighted by Crippen LogP contribution is 2.27. The van der Waals surface area contributed by atoms with Crippen LogP contribution < -0.4 is 4.74 Å². The van der Waals surface area contributed by atoms with E-state index in [1.54, 1.807) is 28.4 Å². The highest BCUT2D eigenvalue weighted by atomic mass is 32.1. The molecule has 0 bridgehead atoms. The van der Waals surface area contributed by atoms with Gasteiger partial charge in [-0.25, -0.2) is 4.98 Å². The van der Waals surface area contributed by atoms with Gasteiger partial charge >= 0.3 is 0 Å². The fraction of sp³-hybridized carbons (Fsp3) is 0.391. The van der Waals surface area contributed by atoms with E-state index in [1.807, 2.05) is 23.6 Å². The molecule has 1 amide bonds. The van der Waals surface area contributed by atoms with Gasteiger partial charge in [0.1, 0.15) is 17.4 Å². The van der Waals surface area contributed by atoms with E-state index in [0.717, 1.165) is 16.5 Å². The monoisotopic (exact) mass is 412 g/mol. The van der Waals surface area contributed by atoms with Crippen LogP contribution >= 0.6 is 11.3 Å². The third-order valence-electron chi connectivity index (χ3n) is 4.45. The summed E-state index contributed by atoms with van der Waals surface area (Å²) in [4.78, 5) is 19.2. The van der Waals surface area contributed by atoms with Crippen molar-refractivity contribution in [2.24, 2.45) is 5.92 Å². The quantitative estimate of drug-likeness (QED) is 0.450. The minimum Gasteiger partial charge on any atom is -0.486 e. The second-order valence-corrected chi connectivity index (χ2v) is 8.71. The predicted molar refractivity (Wildman–Crippen MR) is 115 cm³/mol. The van der Waals surface area contributed by atoms with Crippen LogP contribution in [0.3, 0.4) is 0 Å². The van der Waals surface area contributed by atoms with Crippen LogP contribution in [0.5, 0.6) is 5.75 Å². The van der Waals surface area contributed by atoms with Gasteiger partial charge in [-0.3, -0.25) is 4.79 Å². The van der Waals surface area contributed by atoms with Gasteiger partial charge in [-0.15, -0.1) is 11.3 Å². The zero-order valence-corrected chi connectivity index (χ0v) is 18.2. The Morgan fingerprint density at radius 1 is 1.17 bits per heavy atom. The summed E-state index contributed by atoms with van der Waals surface area (Å²) in [5.41, 5.74) is 2.06. The lowest BCUT2D eigenvalue weighted by atomic mass is 10.0. The molecule has 0 saturated heterocycles. The number of rotatable bonds is 9. The molecule has 3 aromatic rings. The predicted octanol–water partition coefficient (Wildman–Crippen LogP) is 5.74. The summed E-state index contributed by atoms with van der Waals surface area (Å²) < 4.78 is 11.3. The van der Waals surface area contributed by atoms with Crippen LogP contribution in [0.2, 0.25) is 0 Å². The molecule has 6 heteroatoms. The van der Waals surface area contributed by atoms with Crippen LogP contribution in [-0.4, -0.2) is 22.3 Å². The van der Waals surface area contributed by atoms with Crippen molar-refractivity contribution < 1.29 is 13.9 Å². The summed E-state index contributed by atoms with van der Waals surface area (Å²) >= 11 is 1.56. The number of hydrogen-bond acceptors (Lipinski definition) is 5. The van der Waals surface area contributed by atoms with Crippen LogP contribution in [0.1, 0.15) is 60.4 Å². The van der Waals surface area contributed by atoms with Gasteiger partial charge in [0.05, 0.1) is 18.5 Å². The molecule has 0 spiro atoms. The zero-order valence-electron chi connectivity index (χ0n) is 17.4. The number of carbonyl (C=O) groups is 1. The summed E-state index contributed by atoms with van der Waals surface area (Å²) in [5.74, 6) is 1.89. The van der Waals surface area contributed by atoms with Gasteiger partial charge in [0.15, 0.2) is 5.76 Å². The Morgan fingerprint density at radius 3 is 2.66 bits per heavy atom. The molecule has 154 valence electrons. The van der Waals surface area contributed by atoms with E-state index in [2.05, 4.69) is 38.7 Å². The number of amides is 1. The van der Waals surface area contributed by atoms with E-state index >= 15 is 0 Å². The average molecular weight is 413 g/mol. The molecule has 1 aromatic carbocycles. The topological polar surface area (TPSA) is 55.6 Å². The van der Waals surface area contributed by atoms with Crippen LogP contribution in [0.4, 0.5) is 0 Å². The van der Waals surface area contributed by atoms with E-state index in [4.69, 9.17) is 9.15 Å². The lowest BCUT2D eigenvalue weighted by Crippen LogP contribution is -2.33. The van der Waals surface area contributed by atoms with Crippen molar-refractivity contribution in [2.45, 2.75) is 46.8 Å². The Bertz CT molecular complexity index is 916. The number of aromatic nitrogens is 1. The Balaban J connectivity index is 1.66. The molecule has 2 heterocycles. The third kappa shape index (κ3) is 5.70. The first-order chi connectivity index (χ1) is 13.9. The van der Waals surface area contributed by atoms with E-state index in [1.165, 1.54) is 11.8 Å². The maximum absolute atomic E-state index is 12.7. The van der Waals surface area contributed by atoms with Crippen molar-refractivity contribution in [2.75, 3.05) is 6.54 Å². The molecule has 5 nitrogen and oxygen atoms in total. The maximum Gasteiger partial charge on any atom is 0.289 e. The normalized spacial score (nSPS) is 11.2. The number of thiazole rings is 1. The van der Waals surface area contributed by atoms with Crippen LogP contribution in [0, 0.1) is 5.92 Å². The second-order valence-electron chi connectivity index (χ2n) is 7.77. The third-order valence-corrected chi connectivity index (χ3v) is 5.32. The average Bonchev–Trinajstić information content (AvgIpc) is 3.37. The Morgan fingerprint density at radius 2 is 1.97 bits per heavy atom. The van der Waals surface area contributed by atoms with Crippen molar-refractivity contribution >= 4 is 17.2 Å². The fourth-order valence-corrected chi connectivity index (χ4v) is 3.82. The molecule has 0 aliphatic heterocycles. The number of carbonyl (C=O) groups excluding carboxylic acids is 1. The molecule has 0 N–H and O–H groups in total. The highest BCUT2D eigenvalue weighted by Gasteiger charge is 2.20. The number of furan rings is 1. The highest BCUT2D eigenvalue weighted by molar-refractivity contribution is 7.09. The standard InChI is InChI=1S/C23H28N2O3S/c1-16(2)12-25(23(26)21-10-7-11-27-21)13-18-15-29-22(24-18)14-28-20-9-6-5-8-19(20)17(3)4/h5-11,15-17H,12-14H2,1-4H3. The lowest BCUT2D eigenvalue weighted by molar-refractivity contribution is 0.0688. The Kier molecular flexibility index (Phi) is 7.09. The number of ether oxygens (including phenoxy) is 1. The van der Waals surface area contributed by atoms with Gasteiger partial charge in [0, 0.05) is 11.9 Å². The molecule has 2 aromatic heterocycles. The van der Waals surface area contributed by atoms with Crippen molar-refractivity contribution in [1.82, 2.24) is 9.88 Å². The number of nitrogens with zero attached hydrogens (tertiary/aromatic N) is 2. The van der Waals surface area contributed by atoms with Gasteiger partial charge in [-0.2, -0.15) is 0 Å². The van der Waals surface area contributed by atoms with Crippen molar-refractivity contribution in [1.29, 1.82) is 0 Å². The largest absolute Gasteiger partial charge is 0.486 e.